The van der Waals surface area contributed by atoms with Crippen molar-refractivity contribution in [1.29, 1.82) is 0 Å². The summed E-state index contributed by atoms with van der Waals surface area (Å²) in [6.45, 7) is 0.240. The number of amides is 1. The van der Waals surface area contributed by atoms with E-state index >= 15 is 0 Å². The second-order valence-corrected chi connectivity index (χ2v) is 4.16. The lowest BCUT2D eigenvalue weighted by molar-refractivity contribution is -0.121. The summed E-state index contributed by atoms with van der Waals surface area (Å²) >= 11 is 1.22. The van der Waals surface area contributed by atoms with Crippen molar-refractivity contribution in [2.24, 2.45) is 5.84 Å². The van der Waals surface area contributed by atoms with Gasteiger partial charge in [0.1, 0.15) is 10.3 Å². The quantitative estimate of drug-likeness (QED) is 0.285. The predicted octanol–water partition coefficient (Wildman–Crippen LogP) is -0.239. The molecule has 5 N–H and O–H groups in total. The molecule has 1 rings (SSSR count). The molecule has 1 aromatic heterocycles. The van der Waals surface area contributed by atoms with Crippen molar-refractivity contribution in [3.8, 4) is 0 Å². The number of nitrogens with zero attached hydrogens (tertiary/aromatic N) is 1. The number of nitrogen functional groups attached to an aromatic ring is 1. The van der Waals surface area contributed by atoms with Gasteiger partial charge in [0.15, 0.2) is 0 Å². The fourth-order valence-corrected chi connectivity index (χ4v) is 2.02. The minimum Gasteiger partial charge on any atom is -0.397 e. The highest BCUT2D eigenvalue weighted by Gasteiger charge is 2.20. The number of methoxy groups -OCH3 is 1. The summed E-state index contributed by atoms with van der Waals surface area (Å²) in [7, 11) is 1.51. The van der Waals surface area contributed by atoms with Gasteiger partial charge in [-0.05, 0) is 12.1 Å². The molecule has 0 radical (unpaired) electrons. The number of hydrogen-bond acceptors (Lipinski definition) is 6. The third-order valence-electron chi connectivity index (χ3n) is 1.81. The molecule has 0 bridgehead atoms. The predicted molar refractivity (Wildman–Crippen MR) is 62.5 cm³/mol. The molecule has 0 aliphatic heterocycles. The van der Waals surface area contributed by atoms with Crippen LogP contribution in [0.25, 0.3) is 0 Å². The smallest absolute Gasteiger partial charge is 0.249 e. The largest absolute Gasteiger partial charge is 0.397 e. The SMILES string of the molecule is COCC(Sc1ncccc1N)C(=O)NN. The zero-order valence-corrected chi connectivity index (χ0v) is 9.66. The minimum absolute atomic E-state index is 0.240. The van der Waals surface area contributed by atoms with Gasteiger partial charge in [0.2, 0.25) is 5.91 Å². The van der Waals surface area contributed by atoms with E-state index < -0.39 is 5.25 Å². The van der Waals surface area contributed by atoms with Crippen molar-refractivity contribution in [2.45, 2.75) is 10.3 Å². The topological polar surface area (TPSA) is 103 Å². The normalized spacial score (nSPS) is 12.1. The van der Waals surface area contributed by atoms with Gasteiger partial charge in [-0.2, -0.15) is 0 Å². The molecule has 1 aromatic rings. The Kier molecular flexibility index (Phi) is 5.03. The number of thioether (sulfide) groups is 1. The summed E-state index contributed by atoms with van der Waals surface area (Å²) in [5.41, 5.74) is 8.33. The van der Waals surface area contributed by atoms with Gasteiger partial charge in [-0.1, -0.05) is 11.8 Å². The number of anilines is 1. The first-order valence-electron chi connectivity index (χ1n) is 4.55. The second kappa shape index (κ2) is 6.31. The van der Waals surface area contributed by atoms with Crippen molar-refractivity contribution in [2.75, 3.05) is 19.5 Å². The van der Waals surface area contributed by atoms with Gasteiger partial charge in [0, 0.05) is 13.3 Å². The number of pyridine rings is 1. The highest BCUT2D eigenvalue weighted by atomic mass is 32.2. The highest BCUT2D eigenvalue weighted by molar-refractivity contribution is 8.00. The Morgan fingerprint density at radius 3 is 3.06 bits per heavy atom. The third kappa shape index (κ3) is 3.37. The van der Waals surface area contributed by atoms with Gasteiger partial charge in [-0.15, -0.1) is 0 Å². The maximum atomic E-state index is 11.4. The molecular formula is C9H14N4O2S. The monoisotopic (exact) mass is 242 g/mol. The standard InChI is InChI=1S/C9H14N4O2S/c1-15-5-7(8(14)13-11)16-9-6(10)3-2-4-12-9/h2-4,7H,5,10-11H2,1H3,(H,13,14). The maximum absolute atomic E-state index is 11.4. The van der Waals surface area contributed by atoms with Crippen LogP contribution in [0.5, 0.6) is 0 Å². The van der Waals surface area contributed by atoms with Gasteiger partial charge in [0.05, 0.1) is 12.3 Å². The Hall–Kier alpha value is -1.31. The van der Waals surface area contributed by atoms with Crippen LogP contribution in [0.4, 0.5) is 5.69 Å². The van der Waals surface area contributed by atoms with Crippen LogP contribution in [0.3, 0.4) is 0 Å². The Balaban J connectivity index is 2.75. The van der Waals surface area contributed by atoms with E-state index in [2.05, 4.69) is 10.4 Å². The number of hydrazine groups is 1. The first-order chi connectivity index (χ1) is 7.69. The fourth-order valence-electron chi connectivity index (χ4n) is 1.04. The van der Waals surface area contributed by atoms with E-state index in [0.717, 1.165) is 0 Å². The summed E-state index contributed by atoms with van der Waals surface area (Å²) in [6.07, 6.45) is 1.61. The molecular weight excluding hydrogens is 228 g/mol. The van der Waals surface area contributed by atoms with Gasteiger partial charge in [-0.3, -0.25) is 10.2 Å². The van der Waals surface area contributed by atoms with E-state index in [9.17, 15) is 4.79 Å². The number of nitrogens with two attached hydrogens (primary N) is 2. The summed E-state index contributed by atoms with van der Waals surface area (Å²) < 4.78 is 4.93. The van der Waals surface area contributed by atoms with Gasteiger partial charge >= 0.3 is 0 Å². The first kappa shape index (κ1) is 12.8. The number of ether oxygens (including phenoxy) is 1. The molecule has 16 heavy (non-hydrogen) atoms. The summed E-state index contributed by atoms with van der Waals surface area (Å²) in [4.78, 5) is 15.5. The van der Waals surface area contributed by atoms with Gasteiger partial charge < -0.3 is 10.5 Å². The van der Waals surface area contributed by atoms with Crippen LogP contribution in [0.1, 0.15) is 0 Å². The molecule has 0 fully saturated rings. The molecule has 1 amide bonds. The number of hydrogen-bond donors (Lipinski definition) is 3. The Morgan fingerprint density at radius 2 is 2.50 bits per heavy atom. The van der Waals surface area contributed by atoms with E-state index in [1.54, 1.807) is 18.3 Å². The van der Waals surface area contributed by atoms with E-state index in [-0.39, 0.29) is 12.5 Å². The molecule has 6 nitrogen and oxygen atoms in total. The Morgan fingerprint density at radius 1 is 1.75 bits per heavy atom. The molecule has 0 spiro atoms. The van der Waals surface area contributed by atoms with Gasteiger partial charge in [-0.25, -0.2) is 10.8 Å². The van der Waals surface area contributed by atoms with Crippen molar-refractivity contribution < 1.29 is 9.53 Å². The minimum atomic E-state index is -0.466. The zero-order valence-electron chi connectivity index (χ0n) is 8.84. The van der Waals surface area contributed by atoms with Crippen molar-refractivity contribution in [3.63, 3.8) is 0 Å². The zero-order chi connectivity index (χ0) is 12.0. The molecule has 1 unspecified atom stereocenters. The number of rotatable bonds is 5. The summed E-state index contributed by atoms with van der Waals surface area (Å²) in [5.74, 6) is 4.75. The van der Waals surface area contributed by atoms with Crippen LogP contribution in [0.2, 0.25) is 0 Å². The van der Waals surface area contributed by atoms with E-state index in [0.29, 0.717) is 10.7 Å². The molecule has 0 aliphatic carbocycles. The highest BCUT2D eigenvalue weighted by Crippen LogP contribution is 2.26. The lowest BCUT2D eigenvalue weighted by Gasteiger charge is -2.13. The molecule has 0 aromatic carbocycles. The summed E-state index contributed by atoms with van der Waals surface area (Å²) in [6, 6.07) is 3.45. The Bertz CT molecular complexity index is 361. The molecule has 0 saturated carbocycles. The molecule has 0 aliphatic rings. The molecule has 0 saturated heterocycles. The summed E-state index contributed by atoms with van der Waals surface area (Å²) in [5, 5.41) is 0.125. The van der Waals surface area contributed by atoms with Gasteiger partial charge in [0.25, 0.3) is 0 Å². The average Bonchev–Trinajstić information content (AvgIpc) is 2.30. The molecule has 7 heteroatoms. The van der Waals surface area contributed by atoms with Crippen molar-refractivity contribution in [1.82, 2.24) is 10.4 Å². The third-order valence-corrected chi connectivity index (χ3v) is 3.01. The van der Waals surface area contributed by atoms with E-state index in [1.165, 1.54) is 18.9 Å². The number of carbonyl (C=O) groups excluding carboxylic acids is 1. The van der Waals surface area contributed by atoms with Crippen LogP contribution < -0.4 is 17.0 Å². The number of carbonyl (C=O) groups is 1. The Labute approximate surface area is 97.7 Å². The van der Waals surface area contributed by atoms with Crippen LogP contribution in [0, 0.1) is 0 Å². The number of nitrogens with one attached hydrogen (secondary N) is 1. The van der Waals surface area contributed by atoms with Crippen molar-refractivity contribution >= 4 is 23.4 Å². The van der Waals surface area contributed by atoms with E-state index in [4.69, 9.17) is 16.3 Å². The first-order valence-corrected chi connectivity index (χ1v) is 5.43. The lowest BCUT2D eigenvalue weighted by Crippen LogP contribution is -2.39. The van der Waals surface area contributed by atoms with Crippen LogP contribution in [-0.2, 0) is 9.53 Å². The molecule has 1 heterocycles. The maximum Gasteiger partial charge on any atom is 0.249 e. The molecule has 1 atom stereocenters. The average molecular weight is 242 g/mol. The van der Waals surface area contributed by atoms with Crippen molar-refractivity contribution in [3.05, 3.63) is 18.3 Å². The van der Waals surface area contributed by atoms with Crippen LogP contribution in [-0.4, -0.2) is 29.9 Å². The lowest BCUT2D eigenvalue weighted by atomic mass is 10.4. The fraction of sp³-hybridized carbons (Fsp3) is 0.333. The second-order valence-electron chi connectivity index (χ2n) is 2.97. The van der Waals surface area contributed by atoms with E-state index in [1.807, 2.05) is 0 Å². The number of aromatic nitrogens is 1. The van der Waals surface area contributed by atoms with Crippen LogP contribution in [0.15, 0.2) is 23.4 Å². The van der Waals surface area contributed by atoms with Crippen LogP contribution >= 0.6 is 11.8 Å². The molecule has 88 valence electrons.